The number of nitrogens with zero attached hydrogens (tertiary/aromatic N) is 6. The molecule has 1 aliphatic heterocycles. The maximum Gasteiger partial charge on any atom is 0.223 e. The van der Waals surface area contributed by atoms with E-state index in [1.807, 2.05) is 11.8 Å². The van der Waals surface area contributed by atoms with Gasteiger partial charge in [0.2, 0.25) is 5.91 Å². The van der Waals surface area contributed by atoms with Crippen molar-refractivity contribution in [3.8, 4) is 0 Å². The lowest BCUT2D eigenvalue weighted by Crippen LogP contribution is -2.31. The summed E-state index contributed by atoms with van der Waals surface area (Å²) >= 11 is 0. The molecular formula is C15H20N6O. The molecule has 0 spiro atoms. The van der Waals surface area contributed by atoms with Crippen molar-refractivity contribution >= 4 is 5.91 Å². The van der Waals surface area contributed by atoms with E-state index < -0.39 is 0 Å². The smallest absolute Gasteiger partial charge is 0.223 e. The Morgan fingerprint density at radius 1 is 1.36 bits per heavy atom. The van der Waals surface area contributed by atoms with E-state index in [1.165, 1.54) is 6.33 Å². The molecule has 7 heteroatoms. The second-order valence-electron chi connectivity index (χ2n) is 5.59. The Labute approximate surface area is 129 Å². The Kier molecular flexibility index (Phi) is 4.41. The summed E-state index contributed by atoms with van der Waals surface area (Å²) in [5.74, 6) is 0.186. The standard InChI is InChI=1S/C15H20N6O/c1-12-8-16-9-13(19-12)14-4-2-7-21(14)15(22)5-3-6-20-11-17-10-18-20/h8-11,14H,2-7H2,1H3/t14-/m1/s1. The molecule has 1 saturated heterocycles. The molecule has 22 heavy (non-hydrogen) atoms. The number of carbonyl (C=O) groups is 1. The van der Waals surface area contributed by atoms with Crippen molar-refractivity contribution in [3.05, 3.63) is 36.4 Å². The van der Waals surface area contributed by atoms with E-state index >= 15 is 0 Å². The normalized spacial score (nSPS) is 17.9. The first-order chi connectivity index (χ1) is 10.7. The second kappa shape index (κ2) is 6.64. The largest absolute Gasteiger partial charge is 0.334 e. The highest BCUT2D eigenvalue weighted by atomic mass is 16.2. The van der Waals surface area contributed by atoms with Crippen LogP contribution in [0, 0.1) is 6.92 Å². The van der Waals surface area contributed by atoms with Crippen molar-refractivity contribution in [1.82, 2.24) is 29.6 Å². The number of aromatic nitrogens is 5. The fraction of sp³-hybridized carbons (Fsp3) is 0.533. The quantitative estimate of drug-likeness (QED) is 0.836. The van der Waals surface area contributed by atoms with Crippen LogP contribution in [0.15, 0.2) is 25.0 Å². The molecule has 0 saturated carbocycles. The Bertz CT molecular complexity index is 627. The van der Waals surface area contributed by atoms with E-state index in [0.717, 1.165) is 37.2 Å². The van der Waals surface area contributed by atoms with Crippen LogP contribution in [0.4, 0.5) is 0 Å². The highest BCUT2D eigenvalue weighted by Crippen LogP contribution is 2.31. The highest BCUT2D eigenvalue weighted by Gasteiger charge is 2.30. The molecule has 3 rings (SSSR count). The number of aryl methyl sites for hydroxylation is 2. The molecule has 0 radical (unpaired) electrons. The van der Waals surface area contributed by atoms with Crippen molar-refractivity contribution in [2.75, 3.05) is 6.54 Å². The van der Waals surface area contributed by atoms with Gasteiger partial charge in [0.1, 0.15) is 12.7 Å². The van der Waals surface area contributed by atoms with Gasteiger partial charge in [-0.1, -0.05) is 0 Å². The lowest BCUT2D eigenvalue weighted by atomic mass is 10.1. The SMILES string of the molecule is Cc1cncc([C@H]2CCCN2C(=O)CCCn2cncn2)n1. The Balaban J connectivity index is 1.59. The van der Waals surface area contributed by atoms with Crippen LogP contribution >= 0.6 is 0 Å². The summed E-state index contributed by atoms with van der Waals surface area (Å²) in [5.41, 5.74) is 1.80. The van der Waals surface area contributed by atoms with Crippen LogP contribution in [-0.4, -0.2) is 42.1 Å². The second-order valence-corrected chi connectivity index (χ2v) is 5.59. The fourth-order valence-corrected chi connectivity index (χ4v) is 2.90. The van der Waals surface area contributed by atoms with Gasteiger partial charge in [-0.2, -0.15) is 5.10 Å². The van der Waals surface area contributed by atoms with Crippen LogP contribution in [0.25, 0.3) is 0 Å². The lowest BCUT2D eigenvalue weighted by Gasteiger charge is -2.24. The zero-order valence-electron chi connectivity index (χ0n) is 12.7. The van der Waals surface area contributed by atoms with E-state index in [-0.39, 0.29) is 11.9 Å². The van der Waals surface area contributed by atoms with Gasteiger partial charge in [-0.15, -0.1) is 0 Å². The third kappa shape index (κ3) is 3.29. The zero-order chi connectivity index (χ0) is 15.4. The first-order valence-corrected chi connectivity index (χ1v) is 7.64. The maximum atomic E-state index is 12.5. The molecule has 1 atom stereocenters. The molecule has 0 aromatic carbocycles. The maximum absolute atomic E-state index is 12.5. The number of carbonyl (C=O) groups excluding carboxylic acids is 1. The topological polar surface area (TPSA) is 76.8 Å². The summed E-state index contributed by atoms with van der Waals surface area (Å²) in [4.78, 5) is 27.1. The number of hydrogen-bond acceptors (Lipinski definition) is 5. The number of amides is 1. The zero-order valence-corrected chi connectivity index (χ0v) is 12.7. The van der Waals surface area contributed by atoms with Crippen molar-refractivity contribution in [2.45, 2.75) is 45.2 Å². The average molecular weight is 300 g/mol. The van der Waals surface area contributed by atoms with E-state index in [4.69, 9.17) is 0 Å². The van der Waals surface area contributed by atoms with Crippen LogP contribution in [0.3, 0.4) is 0 Å². The van der Waals surface area contributed by atoms with Gasteiger partial charge in [-0.25, -0.2) is 4.98 Å². The number of hydrogen-bond donors (Lipinski definition) is 0. The Morgan fingerprint density at radius 3 is 3.05 bits per heavy atom. The molecule has 0 bridgehead atoms. The van der Waals surface area contributed by atoms with Gasteiger partial charge < -0.3 is 4.90 Å². The first-order valence-electron chi connectivity index (χ1n) is 7.64. The van der Waals surface area contributed by atoms with Gasteiger partial charge >= 0.3 is 0 Å². The van der Waals surface area contributed by atoms with Gasteiger partial charge in [-0.05, 0) is 26.2 Å². The van der Waals surface area contributed by atoms with Gasteiger partial charge in [0.15, 0.2) is 0 Å². The minimum absolute atomic E-state index is 0.0753. The van der Waals surface area contributed by atoms with Gasteiger partial charge in [0.05, 0.1) is 23.6 Å². The molecule has 116 valence electrons. The number of rotatable bonds is 5. The molecule has 7 nitrogen and oxygen atoms in total. The molecule has 1 fully saturated rings. The summed E-state index contributed by atoms with van der Waals surface area (Å²) in [5, 5.41) is 4.05. The van der Waals surface area contributed by atoms with Crippen LogP contribution in [0.1, 0.15) is 43.1 Å². The third-order valence-corrected chi connectivity index (χ3v) is 3.93. The lowest BCUT2D eigenvalue weighted by molar-refractivity contribution is -0.132. The van der Waals surface area contributed by atoms with Crippen LogP contribution in [0.5, 0.6) is 0 Å². The van der Waals surface area contributed by atoms with Crippen molar-refractivity contribution in [1.29, 1.82) is 0 Å². The van der Waals surface area contributed by atoms with Crippen LogP contribution in [-0.2, 0) is 11.3 Å². The molecular weight excluding hydrogens is 280 g/mol. The summed E-state index contributed by atoms with van der Waals surface area (Å²) in [6.45, 7) is 3.45. The molecule has 0 unspecified atom stereocenters. The Hall–Kier alpha value is -2.31. The van der Waals surface area contributed by atoms with Crippen LogP contribution in [0.2, 0.25) is 0 Å². The first kappa shape index (κ1) is 14.6. The van der Waals surface area contributed by atoms with Gasteiger partial charge in [0, 0.05) is 25.7 Å². The molecule has 0 aliphatic carbocycles. The Morgan fingerprint density at radius 2 is 2.27 bits per heavy atom. The van der Waals surface area contributed by atoms with Crippen molar-refractivity contribution in [3.63, 3.8) is 0 Å². The molecule has 2 aromatic heterocycles. The predicted octanol–water partition coefficient (Wildman–Crippen LogP) is 1.52. The van der Waals surface area contributed by atoms with Gasteiger partial charge in [-0.3, -0.25) is 19.4 Å². The van der Waals surface area contributed by atoms with E-state index in [1.54, 1.807) is 23.4 Å². The van der Waals surface area contributed by atoms with E-state index in [0.29, 0.717) is 13.0 Å². The fourth-order valence-electron chi connectivity index (χ4n) is 2.90. The van der Waals surface area contributed by atoms with Crippen molar-refractivity contribution < 1.29 is 4.79 Å². The molecule has 0 N–H and O–H groups in total. The molecule has 1 amide bonds. The van der Waals surface area contributed by atoms with Gasteiger partial charge in [0.25, 0.3) is 0 Å². The highest BCUT2D eigenvalue weighted by molar-refractivity contribution is 5.76. The summed E-state index contributed by atoms with van der Waals surface area (Å²) in [6.07, 6.45) is 9.98. The average Bonchev–Trinajstić information content (AvgIpc) is 3.18. The predicted molar refractivity (Wildman–Crippen MR) is 79.7 cm³/mol. The summed E-state index contributed by atoms with van der Waals surface area (Å²) in [7, 11) is 0. The van der Waals surface area contributed by atoms with E-state index in [9.17, 15) is 4.79 Å². The summed E-state index contributed by atoms with van der Waals surface area (Å²) < 4.78 is 1.75. The third-order valence-electron chi connectivity index (χ3n) is 3.93. The monoisotopic (exact) mass is 300 g/mol. The molecule has 2 aromatic rings. The minimum atomic E-state index is 0.0753. The van der Waals surface area contributed by atoms with E-state index in [2.05, 4.69) is 20.1 Å². The summed E-state index contributed by atoms with van der Waals surface area (Å²) in [6, 6.07) is 0.0753. The molecule has 1 aliphatic rings. The number of likely N-dealkylation sites (tertiary alicyclic amines) is 1. The molecule has 3 heterocycles. The van der Waals surface area contributed by atoms with Crippen molar-refractivity contribution in [2.24, 2.45) is 0 Å². The minimum Gasteiger partial charge on any atom is -0.334 e. The van der Waals surface area contributed by atoms with Crippen LogP contribution < -0.4 is 0 Å².